The van der Waals surface area contributed by atoms with Crippen LogP contribution in [0.3, 0.4) is 0 Å². The lowest BCUT2D eigenvalue weighted by atomic mass is 10.0. The van der Waals surface area contributed by atoms with Crippen molar-refractivity contribution in [2.24, 2.45) is 0 Å². The predicted octanol–water partition coefficient (Wildman–Crippen LogP) is 3.90. The summed E-state index contributed by atoms with van der Waals surface area (Å²) in [6, 6.07) is 29.1. The molecule has 1 N–H and O–H groups in total. The highest BCUT2D eigenvalue weighted by Gasteiger charge is 2.19. The number of nitrogens with one attached hydrogen (secondary N) is 1. The summed E-state index contributed by atoms with van der Waals surface area (Å²) in [6.07, 6.45) is -0.158. The van der Waals surface area contributed by atoms with Crippen LogP contribution < -0.4 is 10.4 Å². The molecule has 4 aromatic carbocycles. The third-order valence-electron chi connectivity index (χ3n) is 6.00. The third-order valence-corrected chi connectivity index (χ3v) is 7.39. The molecule has 0 unspecified atom stereocenters. The number of carbonyl (C=O) groups is 1. The standard InChI is InChI=1S/C27H23N3O4S/c31-26(28-35(33,34)22-12-2-1-3-13-22)17-18-29-24-15-6-7-16-25(24)30(27(29)32)19-21-11-8-10-20-9-4-5-14-23(20)21/h1-16H,17-19H2,(H,28,31). The minimum atomic E-state index is -3.96. The number of aromatic nitrogens is 2. The van der Waals surface area contributed by atoms with E-state index in [2.05, 4.69) is 4.72 Å². The number of carbonyl (C=O) groups excluding carboxylic acids is 1. The summed E-state index contributed by atoms with van der Waals surface area (Å²) in [5, 5.41) is 2.17. The van der Waals surface area contributed by atoms with Crippen molar-refractivity contribution in [2.45, 2.75) is 24.4 Å². The fourth-order valence-electron chi connectivity index (χ4n) is 4.31. The molecule has 0 fully saturated rings. The van der Waals surface area contributed by atoms with Gasteiger partial charge in [-0.05, 0) is 40.6 Å². The van der Waals surface area contributed by atoms with Gasteiger partial charge in [0.2, 0.25) is 5.91 Å². The second kappa shape index (κ2) is 9.23. The van der Waals surface area contributed by atoms with Crippen molar-refractivity contribution in [3.8, 4) is 0 Å². The molecule has 0 saturated heterocycles. The molecule has 0 atom stereocenters. The Morgan fingerprint density at radius 2 is 1.37 bits per heavy atom. The first-order valence-electron chi connectivity index (χ1n) is 11.2. The monoisotopic (exact) mass is 485 g/mol. The van der Waals surface area contributed by atoms with Gasteiger partial charge in [-0.2, -0.15) is 0 Å². The van der Waals surface area contributed by atoms with Crippen LogP contribution in [0, 0.1) is 0 Å². The molecule has 0 aliphatic carbocycles. The number of benzene rings is 4. The molecule has 0 spiro atoms. The van der Waals surface area contributed by atoms with Gasteiger partial charge in [-0.3, -0.25) is 13.9 Å². The molecule has 35 heavy (non-hydrogen) atoms. The highest BCUT2D eigenvalue weighted by atomic mass is 32.2. The fraction of sp³-hybridized carbons (Fsp3) is 0.111. The Morgan fingerprint density at radius 3 is 2.14 bits per heavy atom. The van der Waals surface area contributed by atoms with Crippen molar-refractivity contribution in [3.63, 3.8) is 0 Å². The van der Waals surface area contributed by atoms with Gasteiger partial charge in [-0.25, -0.2) is 17.9 Å². The Kier molecular flexibility index (Phi) is 5.96. The van der Waals surface area contributed by atoms with Gasteiger partial charge in [-0.1, -0.05) is 72.8 Å². The van der Waals surface area contributed by atoms with Crippen LogP contribution in [-0.4, -0.2) is 23.5 Å². The van der Waals surface area contributed by atoms with E-state index in [-0.39, 0.29) is 23.6 Å². The quantitative estimate of drug-likeness (QED) is 0.379. The average molecular weight is 486 g/mol. The molecule has 8 heteroatoms. The van der Waals surface area contributed by atoms with Gasteiger partial charge in [0.25, 0.3) is 10.0 Å². The third kappa shape index (κ3) is 4.48. The number of rotatable bonds is 7. The molecule has 0 aliphatic heterocycles. The van der Waals surface area contributed by atoms with E-state index in [1.165, 1.54) is 16.7 Å². The van der Waals surface area contributed by atoms with E-state index in [0.29, 0.717) is 12.1 Å². The van der Waals surface area contributed by atoms with Gasteiger partial charge in [0, 0.05) is 13.0 Å². The van der Waals surface area contributed by atoms with Crippen molar-refractivity contribution >= 4 is 37.7 Å². The van der Waals surface area contributed by atoms with Crippen LogP contribution in [0.4, 0.5) is 0 Å². The van der Waals surface area contributed by atoms with Crippen LogP contribution in [0.2, 0.25) is 0 Å². The molecule has 0 aliphatic rings. The van der Waals surface area contributed by atoms with Crippen LogP contribution in [0.1, 0.15) is 12.0 Å². The van der Waals surface area contributed by atoms with Gasteiger partial charge >= 0.3 is 5.69 Å². The van der Waals surface area contributed by atoms with E-state index in [9.17, 15) is 18.0 Å². The number of nitrogens with zero attached hydrogens (tertiary/aromatic N) is 2. The summed E-state index contributed by atoms with van der Waals surface area (Å²) in [7, 11) is -3.96. The molecule has 176 valence electrons. The molecule has 1 heterocycles. The smallest absolute Gasteiger partial charge is 0.291 e. The number of amides is 1. The Balaban J connectivity index is 1.42. The first-order valence-corrected chi connectivity index (χ1v) is 12.7. The Morgan fingerprint density at radius 1 is 0.743 bits per heavy atom. The van der Waals surface area contributed by atoms with Gasteiger partial charge in [-0.15, -0.1) is 0 Å². The summed E-state index contributed by atoms with van der Waals surface area (Å²) >= 11 is 0. The van der Waals surface area contributed by atoms with E-state index in [1.807, 2.05) is 66.7 Å². The number of hydrogen-bond acceptors (Lipinski definition) is 4. The second-order valence-electron chi connectivity index (χ2n) is 8.24. The fourth-order valence-corrected chi connectivity index (χ4v) is 5.35. The zero-order chi connectivity index (χ0) is 24.4. The first-order chi connectivity index (χ1) is 16.9. The largest absolute Gasteiger partial charge is 0.329 e. The molecule has 7 nitrogen and oxygen atoms in total. The SMILES string of the molecule is O=C(CCn1c(=O)n(Cc2cccc3ccccc23)c2ccccc21)NS(=O)(=O)c1ccccc1. The summed E-state index contributed by atoms with van der Waals surface area (Å²) in [6.45, 7) is 0.431. The number of para-hydroxylation sites is 2. The maximum absolute atomic E-state index is 13.4. The van der Waals surface area contributed by atoms with Crippen LogP contribution in [0.25, 0.3) is 21.8 Å². The molecule has 5 aromatic rings. The van der Waals surface area contributed by atoms with Crippen molar-refractivity contribution in [1.82, 2.24) is 13.9 Å². The summed E-state index contributed by atoms with van der Waals surface area (Å²) in [5.74, 6) is -0.674. The van der Waals surface area contributed by atoms with Crippen LogP contribution >= 0.6 is 0 Å². The molecule has 0 radical (unpaired) electrons. The highest BCUT2D eigenvalue weighted by molar-refractivity contribution is 7.90. The minimum Gasteiger partial charge on any atom is -0.291 e. The van der Waals surface area contributed by atoms with E-state index >= 15 is 0 Å². The maximum Gasteiger partial charge on any atom is 0.329 e. The van der Waals surface area contributed by atoms with Crippen LogP contribution in [0.5, 0.6) is 0 Å². The van der Waals surface area contributed by atoms with Gasteiger partial charge in [0.05, 0.1) is 22.5 Å². The van der Waals surface area contributed by atoms with E-state index in [0.717, 1.165) is 21.9 Å². The average Bonchev–Trinajstić information content (AvgIpc) is 3.14. The molecule has 1 amide bonds. The number of hydrogen-bond donors (Lipinski definition) is 1. The van der Waals surface area contributed by atoms with Gasteiger partial charge in [0.1, 0.15) is 0 Å². The number of aryl methyl sites for hydroxylation is 1. The second-order valence-corrected chi connectivity index (χ2v) is 9.92. The van der Waals surface area contributed by atoms with E-state index in [4.69, 9.17) is 0 Å². The zero-order valence-corrected chi connectivity index (χ0v) is 19.6. The minimum absolute atomic E-state index is 0.0113. The van der Waals surface area contributed by atoms with E-state index in [1.54, 1.807) is 22.8 Å². The highest BCUT2D eigenvalue weighted by Crippen LogP contribution is 2.21. The molecule has 1 aromatic heterocycles. The topological polar surface area (TPSA) is 90.2 Å². The Hall–Kier alpha value is -4.17. The number of fused-ring (bicyclic) bond motifs is 2. The normalized spacial score (nSPS) is 11.7. The molecule has 0 saturated carbocycles. The lowest BCUT2D eigenvalue weighted by Gasteiger charge is -2.08. The van der Waals surface area contributed by atoms with E-state index < -0.39 is 15.9 Å². The van der Waals surface area contributed by atoms with Gasteiger partial charge in [0.15, 0.2) is 0 Å². The molecular formula is C27H23N3O4S. The van der Waals surface area contributed by atoms with Crippen molar-refractivity contribution in [1.29, 1.82) is 0 Å². The number of imidazole rings is 1. The Labute approximate surface area is 202 Å². The lowest BCUT2D eigenvalue weighted by Crippen LogP contribution is -2.32. The van der Waals surface area contributed by atoms with Gasteiger partial charge < -0.3 is 0 Å². The van der Waals surface area contributed by atoms with Crippen molar-refractivity contribution in [2.75, 3.05) is 0 Å². The number of sulfonamides is 1. The summed E-state index contributed by atoms with van der Waals surface area (Å²) < 4.78 is 30.2. The maximum atomic E-state index is 13.4. The van der Waals surface area contributed by atoms with Crippen molar-refractivity contribution in [3.05, 3.63) is 113 Å². The summed E-state index contributed by atoms with van der Waals surface area (Å²) in [5.41, 5.74) is 2.21. The zero-order valence-electron chi connectivity index (χ0n) is 18.8. The molecule has 5 rings (SSSR count). The first kappa shape index (κ1) is 22.6. The summed E-state index contributed by atoms with van der Waals surface area (Å²) in [4.78, 5) is 25.9. The van der Waals surface area contributed by atoms with Crippen LogP contribution in [-0.2, 0) is 27.9 Å². The molecule has 0 bridgehead atoms. The molecular weight excluding hydrogens is 462 g/mol. The van der Waals surface area contributed by atoms with Crippen LogP contribution in [0.15, 0.2) is 107 Å². The van der Waals surface area contributed by atoms with Crippen molar-refractivity contribution < 1.29 is 13.2 Å². The lowest BCUT2D eigenvalue weighted by molar-refractivity contribution is -0.119. The Bertz CT molecular complexity index is 1700. The predicted molar refractivity (Wildman–Crippen MR) is 136 cm³/mol.